The number of fused-ring (bicyclic) bond motifs is 1. The Morgan fingerprint density at radius 2 is 2.38 bits per heavy atom. The average molecular weight is 241 g/mol. The highest BCUT2D eigenvalue weighted by Gasteiger charge is 2.38. The quantitative estimate of drug-likeness (QED) is 0.602. The number of hydrogen-bond donors (Lipinski definition) is 1. The van der Waals surface area contributed by atoms with Crippen molar-refractivity contribution in [2.45, 2.75) is 18.1 Å². The summed E-state index contributed by atoms with van der Waals surface area (Å²) in [7, 11) is -0.748. The first-order valence-corrected chi connectivity index (χ1v) is 5.26. The molecule has 0 fully saturated rings. The summed E-state index contributed by atoms with van der Waals surface area (Å²) in [5.41, 5.74) is 2.33. The van der Waals surface area contributed by atoms with E-state index in [0.717, 1.165) is 17.7 Å². The van der Waals surface area contributed by atoms with Gasteiger partial charge in [-0.15, -0.1) is 0 Å². The highest BCUT2D eigenvalue weighted by molar-refractivity contribution is 9.09. The fourth-order valence-electron chi connectivity index (χ4n) is 1.65. The van der Waals surface area contributed by atoms with Crippen molar-refractivity contribution in [1.29, 1.82) is 0 Å². The maximum absolute atomic E-state index is 9.47. The Balaban J connectivity index is 2.51. The zero-order valence-electron chi connectivity index (χ0n) is 7.33. The lowest BCUT2D eigenvalue weighted by atomic mass is 9.82. The van der Waals surface area contributed by atoms with Crippen LogP contribution in [0.5, 0.6) is 5.75 Å². The van der Waals surface area contributed by atoms with Crippen molar-refractivity contribution in [3.63, 3.8) is 0 Å². The van der Waals surface area contributed by atoms with Gasteiger partial charge < -0.3 is 9.68 Å². The van der Waals surface area contributed by atoms with Crippen LogP contribution < -0.4 is 4.65 Å². The maximum atomic E-state index is 9.47. The van der Waals surface area contributed by atoms with Crippen molar-refractivity contribution in [3.8, 4) is 5.75 Å². The Bertz CT molecular complexity index is 329. The molecule has 1 aliphatic heterocycles. The molecule has 68 valence electrons. The van der Waals surface area contributed by atoms with Crippen LogP contribution in [0.2, 0.25) is 0 Å². The Morgan fingerprint density at radius 1 is 1.62 bits per heavy atom. The molecule has 1 atom stereocenters. The normalized spacial score (nSPS) is 19.9. The Morgan fingerprint density at radius 3 is 3.08 bits per heavy atom. The van der Waals surface area contributed by atoms with E-state index in [4.69, 9.17) is 4.65 Å². The molecular formula is C9H10BBrO2. The molecule has 1 aliphatic rings. The van der Waals surface area contributed by atoms with Crippen LogP contribution >= 0.6 is 15.9 Å². The van der Waals surface area contributed by atoms with E-state index in [0.29, 0.717) is 0 Å². The Kier molecular flexibility index (Phi) is 2.34. The summed E-state index contributed by atoms with van der Waals surface area (Å²) < 4.78 is 5.19. The first-order chi connectivity index (χ1) is 6.24. The minimum atomic E-state index is -0.748. The van der Waals surface area contributed by atoms with Crippen LogP contribution in [0.3, 0.4) is 0 Å². The largest absolute Gasteiger partial charge is 0.542 e. The van der Waals surface area contributed by atoms with Crippen molar-refractivity contribution in [3.05, 3.63) is 29.3 Å². The highest BCUT2D eigenvalue weighted by Crippen LogP contribution is 2.41. The minimum Gasteiger partial charge on any atom is -0.535 e. The van der Waals surface area contributed by atoms with Gasteiger partial charge in [0, 0.05) is 5.56 Å². The van der Waals surface area contributed by atoms with Crippen LogP contribution in [0, 0.1) is 0 Å². The summed E-state index contributed by atoms with van der Waals surface area (Å²) in [6, 6.07) is 5.91. The topological polar surface area (TPSA) is 29.5 Å². The third-order valence-corrected chi connectivity index (χ3v) is 3.22. The predicted octanol–water partition coefficient (Wildman–Crippen LogP) is 2.10. The molecule has 1 N–H and O–H groups in total. The monoisotopic (exact) mass is 240 g/mol. The minimum absolute atomic E-state index is 0.0846. The van der Waals surface area contributed by atoms with E-state index in [9.17, 15) is 5.02 Å². The molecule has 13 heavy (non-hydrogen) atoms. The van der Waals surface area contributed by atoms with E-state index in [1.54, 1.807) is 0 Å². The second kappa shape index (κ2) is 3.35. The lowest BCUT2D eigenvalue weighted by Crippen LogP contribution is -2.20. The fraction of sp³-hybridized carbons (Fsp3) is 0.333. The molecule has 1 aromatic rings. The van der Waals surface area contributed by atoms with E-state index in [2.05, 4.69) is 28.9 Å². The third kappa shape index (κ3) is 1.38. The van der Waals surface area contributed by atoms with E-state index < -0.39 is 7.12 Å². The lowest BCUT2D eigenvalue weighted by Gasteiger charge is -2.05. The summed E-state index contributed by atoms with van der Waals surface area (Å²) >= 11 is 3.42. The summed E-state index contributed by atoms with van der Waals surface area (Å²) in [6.45, 7) is 2.10. The van der Waals surface area contributed by atoms with E-state index in [-0.39, 0.29) is 4.73 Å². The van der Waals surface area contributed by atoms with Crippen LogP contribution in [0.25, 0.3) is 0 Å². The molecule has 0 radical (unpaired) electrons. The smallest absolute Gasteiger partial charge is 0.535 e. The van der Waals surface area contributed by atoms with Gasteiger partial charge in [0.25, 0.3) is 0 Å². The highest BCUT2D eigenvalue weighted by atomic mass is 79.9. The molecule has 1 unspecified atom stereocenters. The molecule has 0 spiro atoms. The molecule has 2 rings (SSSR count). The Labute approximate surface area is 86.2 Å². The zero-order chi connectivity index (χ0) is 9.42. The summed E-state index contributed by atoms with van der Waals surface area (Å²) in [5.74, 6) is 0.800. The van der Waals surface area contributed by atoms with Gasteiger partial charge in [-0.3, -0.25) is 0 Å². The maximum Gasteiger partial charge on any atom is 0.542 e. The summed E-state index contributed by atoms with van der Waals surface area (Å²) in [6.07, 6.45) is 0.960. The van der Waals surface area contributed by atoms with Crippen LogP contribution in [0.1, 0.15) is 22.8 Å². The zero-order valence-corrected chi connectivity index (χ0v) is 8.91. The van der Waals surface area contributed by atoms with Crippen molar-refractivity contribution in [2.24, 2.45) is 0 Å². The second-order valence-corrected chi connectivity index (χ2v) is 4.08. The molecule has 4 heteroatoms. The third-order valence-electron chi connectivity index (χ3n) is 2.31. The number of benzene rings is 1. The Hall–Kier alpha value is -0.475. The van der Waals surface area contributed by atoms with Crippen molar-refractivity contribution < 1.29 is 9.68 Å². The molecule has 0 aliphatic carbocycles. The van der Waals surface area contributed by atoms with Crippen LogP contribution in [0.15, 0.2) is 18.2 Å². The molecule has 1 aromatic carbocycles. The standard InChI is InChI=1S/C9H10BBrO2/c1-2-6-4-3-5-7-8(6)9(11)10(12)13-7/h3-5,9,12H,2H2,1H3. The fourth-order valence-corrected chi connectivity index (χ4v) is 2.27. The summed E-state index contributed by atoms with van der Waals surface area (Å²) in [5, 5.41) is 9.47. The van der Waals surface area contributed by atoms with Crippen molar-refractivity contribution in [2.75, 3.05) is 0 Å². The first kappa shape index (κ1) is 9.09. The first-order valence-electron chi connectivity index (χ1n) is 4.34. The predicted molar refractivity (Wildman–Crippen MR) is 56.1 cm³/mol. The van der Waals surface area contributed by atoms with Gasteiger partial charge in [-0.2, -0.15) is 0 Å². The second-order valence-electron chi connectivity index (χ2n) is 3.09. The number of alkyl halides is 1. The summed E-state index contributed by atoms with van der Waals surface area (Å²) in [4.78, 5) is 0. The van der Waals surface area contributed by atoms with Gasteiger partial charge in [0.15, 0.2) is 0 Å². The lowest BCUT2D eigenvalue weighted by molar-refractivity contribution is 0.431. The number of halogens is 1. The van der Waals surface area contributed by atoms with E-state index in [1.807, 2.05) is 12.1 Å². The van der Waals surface area contributed by atoms with Gasteiger partial charge in [-0.1, -0.05) is 35.0 Å². The SMILES string of the molecule is CCc1cccc2c1C(Br)B(O)O2. The van der Waals surface area contributed by atoms with Gasteiger partial charge >= 0.3 is 7.12 Å². The number of rotatable bonds is 1. The molecule has 0 saturated carbocycles. The molecular weight excluding hydrogens is 231 g/mol. The van der Waals surface area contributed by atoms with Gasteiger partial charge in [-0.25, -0.2) is 0 Å². The van der Waals surface area contributed by atoms with Crippen LogP contribution in [-0.2, 0) is 6.42 Å². The van der Waals surface area contributed by atoms with Crippen LogP contribution in [-0.4, -0.2) is 12.1 Å². The van der Waals surface area contributed by atoms with Gasteiger partial charge in [0.1, 0.15) is 5.75 Å². The van der Waals surface area contributed by atoms with E-state index >= 15 is 0 Å². The van der Waals surface area contributed by atoms with E-state index in [1.165, 1.54) is 5.56 Å². The van der Waals surface area contributed by atoms with Crippen LogP contribution in [0.4, 0.5) is 0 Å². The number of hydrogen-bond acceptors (Lipinski definition) is 2. The van der Waals surface area contributed by atoms with Crippen molar-refractivity contribution in [1.82, 2.24) is 0 Å². The molecule has 0 saturated heterocycles. The molecule has 1 heterocycles. The van der Waals surface area contributed by atoms with Gasteiger partial charge in [0.05, 0.1) is 4.73 Å². The molecule has 0 aromatic heterocycles. The molecule has 0 bridgehead atoms. The van der Waals surface area contributed by atoms with Gasteiger partial charge in [-0.05, 0) is 18.1 Å². The van der Waals surface area contributed by atoms with Gasteiger partial charge in [0.2, 0.25) is 0 Å². The number of aryl methyl sites for hydroxylation is 1. The molecule has 2 nitrogen and oxygen atoms in total. The van der Waals surface area contributed by atoms with Crippen molar-refractivity contribution >= 4 is 23.0 Å². The average Bonchev–Trinajstić information content (AvgIpc) is 2.43. The molecule has 0 amide bonds.